The summed E-state index contributed by atoms with van der Waals surface area (Å²) < 4.78 is 24.2. The second-order valence-electron chi connectivity index (χ2n) is 11.1. The van der Waals surface area contributed by atoms with Gasteiger partial charge >= 0.3 is 0 Å². The molecule has 0 aromatic heterocycles. The predicted molar refractivity (Wildman–Crippen MR) is 129 cm³/mol. The van der Waals surface area contributed by atoms with E-state index in [0.717, 1.165) is 5.92 Å². The van der Waals surface area contributed by atoms with Crippen molar-refractivity contribution in [2.45, 2.75) is 106 Å². The van der Waals surface area contributed by atoms with Crippen LogP contribution in [0.25, 0.3) is 0 Å². The summed E-state index contributed by atoms with van der Waals surface area (Å²) in [7, 11) is 0. The number of rotatable bonds is 2. The summed E-state index contributed by atoms with van der Waals surface area (Å²) in [5.41, 5.74) is 5.26. The van der Waals surface area contributed by atoms with Crippen LogP contribution >= 0.6 is 0 Å². The number of alkyl halides is 1. The van der Waals surface area contributed by atoms with Crippen molar-refractivity contribution < 1.29 is 18.7 Å². The SMILES string of the molecule is CC(C)(C)F.CC(C)(C)NC(=O)C(N)CO.CC(C)(C)c1ccc(F)cc1.CC(C)C. The number of benzene rings is 1. The summed E-state index contributed by atoms with van der Waals surface area (Å²) in [6, 6.07) is 5.85. The molecule has 1 aromatic rings. The van der Waals surface area contributed by atoms with Crippen LogP contribution in [0.5, 0.6) is 0 Å². The average Bonchev–Trinajstić information content (AvgIpc) is 2.50. The van der Waals surface area contributed by atoms with Crippen LogP contribution in [0.3, 0.4) is 0 Å². The molecule has 0 heterocycles. The van der Waals surface area contributed by atoms with Crippen molar-refractivity contribution in [1.29, 1.82) is 0 Å². The highest BCUT2D eigenvalue weighted by atomic mass is 19.1. The van der Waals surface area contributed by atoms with Gasteiger partial charge in [0.2, 0.25) is 5.91 Å². The Balaban J connectivity index is -0.000000368. The van der Waals surface area contributed by atoms with Crippen LogP contribution in [0, 0.1) is 11.7 Å². The van der Waals surface area contributed by atoms with E-state index in [1.807, 2.05) is 32.9 Å². The molecule has 4 nitrogen and oxygen atoms in total. The largest absolute Gasteiger partial charge is 0.394 e. The zero-order valence-corrected chi connectivity index (χ0v) is 21.9. The monoisotopic (exact) mass is 446 g/mol. The summed E-state index contributed by atoms with van der Waals surface area (Å²) >= 11 is 0. The topological polar surface area (TPSA) is 75.4 Å². The number of amides is 1. The van der Waals surface area contributed by atoms with Gasteiger partial charge in [-0.2, -0.15) is 0 Å². The first-order valence-electron chi connectivity index (χ1n) is 10.7. The summed E-state index contributed by atoms with van der Waals surface area (Å²) in [5, 5.41) is 11.2. The second-order valence-corrected chi connectivity index (χ2v) is 11.1. The van der Waals surface area contributed by atoms with E-state index in [1.54, 1.807) is 0 Å². The van der Waals surface area contributed by atoms with Crippen molar-refractivity contribution in [1.82, 2.24) is 5.32 Å². The molecule has 1 amide bonds. The Hall–Kier alpha value is -1.53. The van der Waals surface area contributed by atoms with Crippen molar-refractivity contribution >= 4 is 5.91 Å². The minimum absolute atomic E-state index is 0.119. The van der Waals surface area contributed by atoms with E-state index in [-0.39, 0.29) is 29.3 Å². The van der Waals surface area contributed by atoms with E-state index < -0.39 is 11.7 Å². The van der Waals surface area contributed by atoms with Crippen molar-refractivity contribution in [3.63, 3.8) is 0 Å². The van der Waals surface area contributed by atoms with Crippen molar-refractivity contribution in [2.75, 3.05) is 6.61 Å². The molecule has 0 fully saturated rings. The van der Waals surface area contributed by atoms with Crippen LogP contribution in [-0.4, -0.2) is 34.9 Å². The fourth-order valence-electron chi connectivity index (χ4n) is 1.50. The summed E-state index contributed by atoms with van der Waals surface area (Å²) in [5.74, 6) is 0.345. The quantitative estimate of drug-likeness (QED) is 0.540. The minimum Gasteiger partial charge on any atom is -0.394 e. The number of carbonyl (C=O) groups is 1. The van der Waals surface area contributed by atoms with Crippen LogP contribution in [0.4, 0.5) is 8.78 Å². The molecule has 1 rings (SSSR count). The number of nitrogens with one attached hydrogen (secondary N) is 1. The number of carbonyl (C=O) groups excluding carboxylic acids is 1. The predicted octanol–water partition coefficient (Wildman–Crippen LogP) is 5.76. The molecular formula is C25H48F2N2O2. The number of nitrogens with two attached hydrogens (primary N) is 1. The molecule has 184 valence electrons. The average molecular weight is 447 g/mol. The van der Waals surface area contributed by atoms with Gasteiger partial charge in [-0.05, 0) is 70.6 Å². The third-order valence-electron chi connectivity index (χ3n) is 2.74. The van der Waals surface area contributed by atoms with Crippen molar-refractivity contribution in [3.05, 3.63) is 35.6 Å². The molecule has 0 aliphatic heterocycles. The van der Waals surface area contributed by atoms with Gasteiger partial charge in [0, 0.05) is 5.54 Å². The molecular weight excluding hydrogens is 398 g/mol. The Labute approximate surface area is 190 Å². The molecule has 0 saturated carbocycles. The Bertz CT molecular complexity index is 573. The maximum atomic E-state index is 12.5. The van der Waals surface area contributed by atoms with Gasteiger partial charge in [0.25, 0.3) is 0 Å². The van der Waals surface area contributed by atoms with Crippen LogP contribution in [-0.2, 0) is 10.2 Å². The molecule has 0 spiro atoms. The van der Waals surface area contributed by atoms with Gasteiger partial charge in [0.05, 0.1) is 6.61 Å². The minimum atomic E-state index is -1.00. The van der Waals surface area contributed by atoms with E-state index in [4.69, 9.17) is 10.8 Å². The van der Waals surface area contributed by atoms with Gasteiger partial charge in [0.1, 0.15) is 17.5 Å². The number of hydrogen-bond donors (Lipinski definition) is 3. The highest BCUT2D eigenvalue weighted by Gasteiger charge is 2.18. The van der Waals surface area contributed by atoms with Gasteiger partial charge in [0.15, 0.2) is 0 Å². The molecule has 1 unspecified atom stereocenters. The van der Waals surface area contributed by atoms with E-state index in [9.17, 15) is 13.6 Å². The molecule has 0 saturated heterocycles. The lowest BCUT2D eigenvalue weighted by Crippen LogP contribution is -2.50. The van der Waals surface area contributed by atoms with Crippen molar-refractivity contribution in [2.24, 2.45) is 11.7 Å². The molecule has 1 atom stereocenters. The highest BCUT2D eigenvalue weighted by molar-refractivity contribution is 5.82. The van der Waals surface area contributed by atoms with Crippen LogP contribution in [0.15, 0.2) is 24.3 Å². The van der Waals surface area contributed by atoms with Gasteiger partial charge in [-0.15, -0.1) is 0 Å². The molecule has 0 radical (unpaired) electrons. The number of hydrogen-bond acceptors (Lipinski definition) is 3. The van der Waals surface area contributed by atoms with E-state index in [2.05, 4.69) is 46.9 Å². The third-order valence-corrected chi connectivity index (χ3v) is 2.74. The molecule has 0 bridgehead atoms. The maximum absolute atomic E-state index is 12.5. The van der Waals surface area contributed by atoms with Crippen LogP contribution in [0.2, 0.25) is 0 Å². The van der Waals surface area contributed by atoms with Crippen LogP contribution < -0.4 is 11.1 Å². The van der Waals surface area contributed by atoms with Crippen molar-refractivity contribution in [3.8, 4) is 0 Å². The fourth-order valence-corrected chi connectivity index (χ4v) is 1.50. The number of halogens is 2. The van der Waals surface area contributed by atoms with E-state index >= 15 is 0 Å². The fraction of sp³-hybridized carbons (Fsp3) is 0.720. The molecule has 31 heavy (non-hydrogen) atoms. The Morgan fingerprint density at radius 2 is 1.29 bits per heavy atom. The Kier molecular flexibility index (Phi) is 16.8. The van der Waals surface area contributed by atoms with Gasteiger partial charge in [-0.3, -0.25) is 4.79 Å². The third kappa shape index (κ3) is 30.7. The summed E-state index contributed by atoms with van der Waals surface area (Å²) in [4.78, 5) is 11.0. The van der Waals surface area contributed by atoms with Gasteiger partial charge in [-0.1, -0.05) is 53.7 Å². The normalized spacial score (nSPS) is 12.3. The second kappa shape index (κ2) is 15.3. The first-order chi connectivity index (χ1) is 13.6. The molecule has 1 aromatic carbocycles. The molecule has 0 aliphatic carbocycles. The first-order valence-corrected chi connectivity index (χ1v) is 10.7. The van der Waals surface area contributed by atoms with E-state index in [0.29, 0.717) is 0 Å². The lowest BCUT2D eigenvalue weighted by atomic mass is 9.87. The lowest BCUT2D eigenvalue weighted by molar-refractivity contribution is -0.124. The maximum Gasteiger partial charge on any atom is 0.239 e. The van der Waals surface area contributed by atoms with Gasteiger partial charge in [-0.25, -0.2) is 8.78 Å². The summed E-state index contributed by atoms with van der Waals surface area (Å²) in [6.45, 7) is 22.6. The zero-order chi connectivity index (χ0) is 25.6. The number of aliphatic hydroxyl groups excluding tert-OH is 1. The standard InChI is InChI=1S/C10H13F.C7H16N2O2.C4H9F.C4H10/c1-10(2,3)8-4-6-9(11)7-5-8;1-7(2,3)9-6(11)5(8)4-10;1-4(2,3)5;1-4(2)3/h4-7H,1-3H3;5,10H,4,8H2,1-3H3,(H,9,11);1-3H3;4H,1-3H3. The summed E-state index contributed by atoms with van der Waals surface area (Å²) in [6.07, 6.45) is 0. The Morgan fingerprint density at radius 1 is 0.968 bits per heavy atom. The number of aliphatic hydroxyl groups is 1. The highest BCUT2D eigenvalue weighted by Crippen LogP contribution is 2.21. The van der Waals surface area contributed by atoms with Crippen LogP contribution in [0.1, 0.15) is 88.6 Å². The van der Waals surface area contributed by atoms with E-state index in [1.165, 1.54) is 38.5 Å². The zero-order valence-electron chi connectivity index (χ0n) is 21.9. The first kappa shape index (κ1) is 34.1. The lowest BCUT2D eigenvalue weighted by Gasteiger charge is -2.22. The molecule has 4 N–H and O–H groups in total. The Morgan fingerprint density at radius 3 is 1.52 bits per heavy atom. The van der Waals surface area contributed by atoms with Gasteiger partial charge < -0.3 is 16.2 Å². The molecule has 6 heteroatoms. The smallest absolute Gasteiger partial charge is 0.239 e. The molecule has 0 aliphatic rings.